The molecule has 1 aromatic carbocycles. The molecule has 1 atom stereocenters. The molecule has 1 aliphatic heterocycles. The van der Waals surface area contributed by atoms with E-state index in [2.05, 4.69) is 43.4 Å². The first-order valence-corrected chi connectivity index (χ1v) is 8.16. The maximum atomic E-state index is 11.7. The van der Waals surface area contributed by atoms with Gasteiger partial charge in [0, 0.05) is 31.2 Å². The Balaban J connectivity index is 1.54. The van der Waals surface area contributed by atoms with Crippen LogP contribution in [0.2, 0.25) is 0 Å². The number of nitrogens with zero attached hydrogens (tertiary/aromatic N) is 1. The van der Waals surface area contributed by atoms with Crippen LogP contribution in [0, 0.1) is 5.41 Å². The van der Waals surface area contributed by atoms with Crippen LogP contribution in [-0.2, 0) is 11.3 Å². The molecule has 0 bridgehead atoms. The van der Waals surface area contributed by atoms with E-state index >= 15 is 0 Å². The maximum absolute atomic E-state index is 11.7. The van der Waals surface area contributed by atoms with Gasteiger partial charge in [-0.05, 0) is 48.8 Å². The molecule has 114 valence electrons. The molecule has 0 aromatic heterocycles. The van der Waals surface area contributed by atoms with Crippen molar-refractivity contribution in [2.45, 2.75) is 58.5 Å². The minimum atomic E-state index is 0.258. The molecule has 21 heavy (non-hydrogen) atoms. The number of carbonyl (C=O) groups excluding carboxylic acids is 1. The average Bonchev–Trinajstić information content (AvgIpc) is 3.03. The summed E-state index contributed by atoms with van der Waals surface area (Å²) in [7, 11) is 0. The highest BCUT2D eigenvalue weighted by atomic mass is 16.2. The van der Waals surface area contributed by atoms with Crippen LogP contribution >= 0.6 is 0 Å². The predicted molar refractivity (Wildman–Crippen MR) is 86.3 cm³/mol. The Bertz CT molecular complexity index is 506. The molecule has 1 aliphatic carbocycles. The molecule has 1 saturated heterocycles. The standard InChI is InChI=1S/C18H26N2O/c1-18(2)10-9-15(12-18)19-13-14-5-7-16(8-6-14)20-11-3-4-17(20)21/h5-8,15,19H,3-4,9-13H2,1-2H3. The molecule has 1 unspecified atom stereocenters. The predicted octanol–water partition coefficient (Wildman–Crippen LogP) is 3.48. The lowest BCUT2D eigenvalue weighted by Gasteiger charge is -2.18. The fraction of sp³-hybridized carbons (Fsp3) is 0.611. The Morgan fingerprint density at radius 3 is 2.62 bits per heavy atom. The third-order valence-electron chi connectivity index (χ3n) is 4.88. The van der Waals surface area contributed by atoms with Crippen LogP contribution in [0.5, 0.6) is 0 Å². The normalized spacial score (nSPS) is 24.8. The minimum Gasteiger partial charge on any atom is -0.312 e. The van der Waals surface area contributed by atoms with E-state index in [9.17, 15) is 4.79 Å². The van der Waals surface area contributed by atoms with Gasteiger partial charge in [0.15, 0.2) is 0 Å². The number of benzene rings is 1. The van der Waals surface area contributed by atoms with Crippen molar-refractivity contribution >= 4 is 11.6 Å². The van der Waals surface area contributed by atoms with Crippen LogP contribution in [-0.4, -0.2) is 18.5 Å². The second-order valence-electron chi connectivity index (χ2n) is 7.30. The van der Waals surface area contributed by atoms with E-state index < -0.39 is 0 Å². The van der Waals surface area contributed by atoms with Crippen molar-refractivity contribution in [3.05, 3.63) is 29.8 Å². The molecule has 1 saturated carbocycles. The Labute approximate surface area is 127 Å². The van der Waals surface area contributed by atoms with Crippen molar-refractivity contribution in [2.24, 2.45) is 5.41 Å². The first-order valence-electron chi connectivity index (χ1n) is 8.16. The van der Waals surface area contributed by atoms with Crippen molar-refractivity contribution in [1.29, 1.82) is 0 Å². The molecule has 0 spiro atoms. The van der Waals surface area contributed by atoms with Crippen molar-refractivity contribution < 1.29 is 4.79 Å². The molecule has 1 aromatic rings. The lowest BCUT2D eigenvalue weighted by Crippen LogP contribution is -2.27. The molecular formula is C18H26N2O. The quantitative estimate of drug-likeness (QED) is 0.919. The smallest absolute Gasteiger partial charge is 0.227 e. The van der Waals surface area contributed by atoms with Crippen LogP contribution in [0.3, 0.4) is 0 Å². The number of rotatable bonds is 4. The summed E-state index contributed by atoms with van der Waals surface area (Å²) in [6.07, 6.45) is 5.56. The van der Waals surface area contributed by atoms with Crippen molar-refractivity contribution in [1.82, 2.24) is 5.32 Å². The van der Waals surface area contributed by atoms with Gasteiger partial charge in [-0.1, -0.05) is 26.0 Å². The molecule has 3 nitrogen and oxygen atoms in total. The summed E-state index contributed by atoms with van der Waals surface area (Å²) in [5, 5.41) is 3.67. The zero-order chi connectivity index (χ0) is 14.9. The second kappa shape index (κ2) is 5.80. The molecule has 2 fully saturated rings. The van der Waals surface area contributed by atoms with E-state index in [1.807, 2.05) is 4.90 Å². The third-order valence-corrected chi connectivity index (χ3v) is 4.88. The largest absolute Gasteiger partial charge is 0.312 e. The van der Waals surface area contributed by atoms with Gasteiger partial charge in [-0.25, -0.2) is 0 Å². The number of anilines is 1. The summed E-state index contributed by atoms with van der Waals surface area (Å²) in [6, 6.07) is 9.11. The van der Waals surface area contributed by atoms with Gasteiger partial charge in [-0.3, -0.25) is 4.79 Å². The van der Waals surface area contributed by atoms with Crippen LogP contribution in [0.15, 0.2) is 24.3 Å². The van der Waals surface area contributed by atoms with Crippen molar-refractivity contribution in [3.8, 4) is 0 Å². The van der Waals surface area contributed by atoms with E-state index in [1.165, 1.54) is 24.8 Å². The van der Waals surface area contributed by atoms with Gasteiger partial charge in [0.1, 0.15) is 0 Å². The van der Waals surface area contributed by atoms with E-state index in [1.54, 1.807) is 0 Å². The number of hydrogen-bond donors (Lipinski definition) is 1. The van der Waals surface area contributed by atoms with Gasteiger partial charge in [-0.15, -0.1) is 0 Å². The van der Waals surface area contributed by atoms with E-state index in [-0.39, 0.29) is 5.91 Å². The summed E-state index contributed by atoms with van der Waals surface area (Å²) in [5.41, 5.74) is 2.84. The van der Waals surface area contributed by atoms with Crippen LogP contribution < -0.4 is 10.2 Å². The monoisotopic (exact) mass is 286 g/mol. The fourth-order valence-corrected chi connectivity index (χ4v) is 3.59. The molecule has 3 rings (SSSR count). The third kappa shape index (κ3) is 3.46. The summed E-state index contributed by atoms with van der Waals surface area (Å²) < 4.78 is 0. The molecule has 2 aliphatic rings. The van der Waals surface area contributed by atoms with Gasteiger partial charge < -0.3 is 10.2 Å². The summed E-state index contributed by atoms with van der Waals surface area (Å²) in [5.74, 6) is 0.258. The topological polar surface area (TPSA) is 32.3 Å². The zero-order valence-electron chi connectivity index (χ0n) is 13.2. The lowest BCUT2D eigenvalue weighted by atomic mass is 9.92. The SMILES string of the molecule is CC1(C)CCC(NCc2ccc(N3CCCC3=O)cc2)C1. The highest BCUT2D eigenvalue weighted by molar-refractivity contribution is 5.95. The summed E-state index contributed by atoms with van der Waals surface area (Å²) in [6.45, 7) is 6.51. The van der Waals surface area contributed by atoms with Crippen LogP contribution in [0.1, 0.15) is 51.5 Å². The maximum Gasteiger partial charge on any atom is 0.227 e. The summed E-state index contributed by atoms with van der Waals surface area (Å²) in [4.78, 5) is 13.6. The Kier molecular flexibility index (Phi) is 4.03. The molecule has 1 N–H and O–H groups in total. The minimum absolute atomic E-state index is 0.258. The number of nitrogens with one attached hydrogen (secondary N) is 1. The molecule has 0 radical (unpaired) electrons. The lowest BCUT2D eigenvalue weighted by molar-refractivity contribution is -0.117. The highest BCUT2D eigenvalue weighted by Crippen LogP contribution is 2.37. The highest BCUT2D eigenvalue weighted by Gasteiger charge is 2.30. The fourth-order valence-electron chi connectivity index (χ4n) is 3.59. The number of carbonyl (C=O) groups is 1. The first kappa shape index (κ1) is 14.6. The van der Waals surface area contributed by atoms with Crippen molar-refractivity contribution in [2.75, 3.05) is 11.4 Å². The van der Waals surface area contributed by atoms with E-state index in [4.69, 9.17) is 0 Å². The molecule has 1 amide bonds. The Morgan fingerprint density at radius 2 is 2.05 bits per heavy atom. The zero-order valence-corrected chi connectivity index (χ0v) is 13.2. The Morgan fingerprint density at radius 1 is 1.29 bits per heavy atom. The van der Waals surface area contributed by atoms with Crippen LogP contribution in [0.4, 0.5) is 5.69 Å². The van der Waals surface area contributed by atoms with Crippen molar-refractivity contribution in [3.63, 3.8) is 0 Å². The van der Waals surface area contributed by atoms with Gasteiger partial charge >= 0.3 is 0 Å². The number of amides is 1. The first-order chi connectivity index (χ1) is 10.0. The molecular weight excluding hydrogens is 260 g/mol. The van der Waals surface area contributed by atoms with E-state index in [0.29, 0.717) is 17.9 Å². The molecule has 1 heterocycles. The van der Waals surface area contributed by atoms with Gasteiger partial charge in [0.2, 0.25) is 5.91 Å². The average molecular weight is 286 g/mol. The van der Waals surface area contributed by atoms with Gasteiger partial charge in [-0.2, -0.15) is 0 Å². The molecule has 3 heteroatoms. The van der Waals surface area contributed by atoms with Gasteiger partial charge in [0.05, 0.1) is 0 Å². The number of hydrogen-bond acceptors (Lipinski definition) is 2. The van der Waals surface area contributed by atoms with E-state index in [0.717, 1.165) is 25.2 Å². The van der Waals surface area contributed by atoms with Crippen LogP contribution in [0.25, 0.3) is 0 Å². The Hall–Kier alpha value is -1.35. The summed E-state index contributed by atoms with van der Waals surface area (Å²) >= 11 is 0. The second-order valence-corrected chi connectivity index (χ2v) is 7.30. The van der Waals surface area contributed by atoms with Gasteiger partial charge in [0.25, 0.3) is 0 Å².